The van der Waals surface area contributed by atoms with Gasteiger partial charge in [-0.3, -0.25) is 4.90 Å². The zero-order chi connectivity index (χ0) is 13.2. The predicted octanol–water partition coefficient (Wildman–Crippen LogP) is 3.12. The molecule has 1 atom stereocenters. The molecule has 1 heterocycles. The summed E-state index contributed by atoms with van der Waals surface area (Å²) in [4.78, 5) is 2.40. The lowest BCUT2D eigenvalue weighted by Crippen LogP contribution is -2.48. The number of phenolic OH excluding ortho intramolecular Hbond substituents is 1. The van der Waals surface area contributed by atoms with Gasteiger partial charge in [0.25, 0.3) is 0 Å². The Balaban J connectivity index is 0.00000110. The van der Waals surface area contributed by atoms with Gasteiger partial charge in [-0.2, -0.15) is 0 Å². The number of rotatable bonds is 3. The first kappa shape index (κ1) is 18.5. The molecule has 3 nitrogen and oxygen atoms in total. The predicted molar refractivity (Wildman–Crippen MR) is 87.1 cm³/mol. The van der Waals surface area contributed by atoms with Crippen LogP contribution in [0.4, 0.5) is 4.39 Å². The van der Waals surface area contributed by atoms with Crippen LogP contribution in [-0.2, 0) is 0 Å². The molecule has 0 aromatic heterocycles. The highest BCUT2D eigenvalue weighted by atomic mass is 35.5. The van der Waals surface area contributed by atoms with E-state index in [-0.39, 0.29) is 42.4 Å². The second-order valence-electron chi connectivity index (χ2n) is 5.63. The van der Waals surface area contributed by atoms with E-state index in [1.54, 1.807) is 12.1 Å². The molecule has 3 rings (SSSR count). The van der Waals surface area contributed by atoms with E-state index in [1.807, 2.05) is 0 Å². The summed E-state index contributed by atoms with van der Waals surface area (Å²) in [6.07, 6.45) is 3.64. The topological polar surface area (TPSA) is 35.5 Å². The molecule has 1 saturated heterocycles. The molecule has 0 amide bonds. The van der Waals surface area contributed by atoms with Crippen molar-refractivity contribution in [2.45, 2.75) is 25.3 Å². The first-order valence-corrected chi connectivity index (χ1v) is 7.19. The SMILES string of the molecule is Cl.Cl.Oc1ccc([C@@H](C2CCC2)N2CCNCC2)c(F)c1. The van der Waals surface area contributed by atoms with E-state index >= 15 is 0 Å². The number of hydrogen-bond acceptors (Lipinski definition) is 3. The summed E-state index contributed by atoms with van der Waals surface area (Å²) >= 11 is 0. The van der Waals surface area contributed by atoms with E-state index in [0.29, 0.717) is 5.92 Å². The Morgan fingerprint density at radius 2 is 1.86 bits per heavy atom. The molecule has 1 saturated carbocycles. The Kier molecular flexibility index (Phi) is 7.21. The molecular weight excluding hydrogens is 314 g/mol. The molecule has 0 bridgehead atoms. The number of benzene rings is 1. The van der Waals surface area contributed by atoms with Crippen LogP contribution >= 0.6 is 24.8 Å². The monoisotopic (exact) mass is 336 g/mol. The summed E-state index contributed by atoms with van der Waals surface area (Å²) in [6, 6.07) is 4.78. The first-order valence-electron chi connectivity index (χ1n) is 7.19. The molecule has 120 valence electrons. The van der Waals surface area contributed by atoms with Crippen molar-refractivity contribution in [1.82, 2.24) is 10.2 Å². The zero-order valence-electron chi connectivity index (χ0n) is 11.9. The summed E-state index contributed by atoms with van der Waals surface area (Å²) in [7, 11) is 0. The van der Waals surface area contributed by atoms with Gasteiger partial charge in [0.15, 0.2) is 0 Å². The number of phenols is 1. The first-order chi connectivity index (χ1) is 9.25. The number of nitrogens with one attached hydrogen (secondary N) is 1. The minimum atomic E-state index is -0.268. The van der Waals surface area contributed by atoms with Gasteiger partial charge >= 0.3 is 0 Å². The number of aromatic hydroxyl groups is 1. The average molecular weight is 337 g/mol. The van der Waals surface area contributed by atoms with E-state index in [2.05, 4.69) is 10.2 Å². The van der Waals surface area contributed by atoms with Gasteiger partial charge in [-0.15, -0.1) is 24.8 Å². The summed E-state index contributed by atoms with van der Waals surface area (Å²) in [5, 5.41) is 12.7. The highest BCUT2D eigenvalue weighted by Gasteiger charge is 2.34. The molecule has 2 fully saturated rings. The van der Waals surface area contributed by atoms with Gasteiger partial charge in [-0.1, -0.05) is 12.5 Å². The molecule has 21 heavy (non-hydrogen) atoms. The number of halogens is 3. The van der Waals surface area contributed by atoms with Gasteiger partial charge in [0.2, 0.25) is 0 Å². The minimum absolute atomic E-state index is 0. The fourth-order valence-corrected chi connectivity index (χ4v) is 3.22. The Morgan fingerprint density at radius 1 is 1.19 bits per heavy atom. The molecule has 2 aliphatic rings. The van der Waals surface area contributed by atoms with Crippen LogP contribution in [0, 0.1) is 11.7 Å². The molecule has 1 aliphatic heterocycles. The lowest BCUT2D eigenvalue weighted by Gasteiger charge is -2.43. The summed E-state index contributed by atoms with van der Waals surface area (Å²) < 4.78 is 14.2. The highest BCUT2D eigenvalue weighted by Crippen LogP contribution is 2.42. The standard InChI is InChI=1S/C15H21FN2O.2ClH/c16-14-10-12(19)4-5-13(14)15(11-2-1-3-11)18-8-6-17-7-9-18;;/h4-5,10-11,15,17,19H,1-3,6-9H2;2*1H/t15-;;/m1../s1. The zero-order valence-corrected chi connectivity index (χ0v) is 13.6. The summed E-state index contributed by atoms with van der Waals surface area (Å²) in [5.74, 6) is 0.307. The van der Waals surface area contributed by atoms with Crippen LogP contribution in [-0.4, -0.2) is 36.2 Å². The molecule has 1 aromatic carbocycles. The average Bonchev–Trinajstić information content (AvgIpc) is 2.35. The third kappa shape index (κ3) is 4.01. The van der Waals surface area contributed by atoms with Gasteiger partial charge in [-0.05, 0) is 24.8 Å². The van der Waals surface area contributed by atoms with Crippen molar-refractivity contribution in [2.24, 2.45) is 5.92 Å². The van der Waals surface area contributed by atoms with Crippen molar-refractivity contribution in [2.75, 3.05) is 26.2 Å². The molecular formula is C15H23Cl2FN2O. The van der Waals surface area contributed by atoms with Crippen molar-refractivity contribution in [1.29, 1.82) is 0 Å². The molecule has 6 heteroatoms. The Bertz CT molecular complexity index is 451. The Labute approximate surface area is 137 Å². The minimum Gasteiger partial charge on any atom is -0.508 e. The second kappa shape index (κ2) is 8.18. The largest absolute Gasteiger partial charge is 0.508 e. The van der Waals surface area contributed by atoms with Crippen LogP contribution in [0.5, 0.6) is 5.75 Å². The smallest absolute Gasteiger partial charge is 0.131 e. The maximum absolute atomic E-state index is 14.2. The van der Waals surface area contributed by atoms with E-state index in [9.17, 15) is 9.50 Å². The van der Waals surface area contributed by atoms with E-state index < -0.39 is 0 Å². The number of piperazine rings is 1. The van der Waals surface area contributed by atoms with Gasteiger partial charge in [0.05, 0.1) is 0 Å². The fraction of sp³-hybridized carbons (Fsp3) is 0.600. The summed E-state index contributed by atoms with van der Waals surface area (Å²) in [6.45, 7) is 3.90. The second-order valence-corrected chi connectivity index (χ2v) is 5.63. The van der Waals surface area contributed by atoms with Crippen LogP contribution < -0.4 is 5.32 Å². The van der Waals surface area contributed by atoms with Crippen molar-refractivity contribution in [3.05, 3.63) is 29.6 Å². The van der Waals surface area contributed by atoms with Crippen LogP contribution in [0.2, 0.25) is 0 Å². The third-order valence-electron chi connectivity index (χ3n) is 4.44. The molecule has 0 spiro atoms. The van der Waals surface area contributed by atoms with Crippen molar-refractivity contribution in [3.8, 4) is 5.75 Å². The van der Waals surface area contributed by atoms with Crippen molar-refractivity contribution < 1.29 is 9.50 Å². The van der Waals surface area contributed by atoms with E-state index in [1.165, 1.54) is 25.3 Å². The quantitative estimate of drug-likeness (QED) is 0.890. The molecule has 0 radical (unpaired) electrons. The molecule has 1 aliphatic carbocycles. The number of hydrogen-bond donors (Lipinski definition) is 2. The lowest BCUT2D eigenvalue weighted by atomic mass is 9.76. The van der Waals surface area contributed by atoms with Crippen LogP contribution in [0.1, 0.15) is 30.9 Å². The van der Waals surface area contributed by atoms with Crippen LogP contribution in [0.3, 0.4) is 0 Å². The van der Waals surface area contributed by atoms with Gasteiger partial charge in [0, 0.05) is 43.9 Å². The third-order valence-corrected chi connectivity index (χ3v) is 4.44. The normalized spacial score (nSPS) is 20.8. The van der Waals surface area contributed by atoms with E-state index in [4.69, 9.17) is 0 Å². The lowest BCUT2D eigenvalue weighted by molar-refractivity contribution is 0.0811. The molecule has 2 N–H and O–H groups in total. The van der Waals surface area contributed by atoms with Gasteiger partial charge in [-0.25, -0.2) is 4.39 Å². The van der Waals surface area contributed by atoms with Gasteiger partial charge in [0.1, 0.15) is 11.6 Å². The number of nitrogens with zero attached hydrogens (tertiary/aromatic N) is 1. The van der Waals surface area contributed by atoms with Crippen LogP contribution in [0.25, 0.3) is 0 Å². The van der Waals surface area contributed by atoms with Gasteiger partial charge < -0.3 is 10.4 Å². The summed E-state index contributed by atoms with van der Waals surface area (Å²) in [5.41, 5.74) is 0.754. The maximum Gasteiger partial charge on any atom is 0.131 e. The van der Waals surface area contributed by atoms with E-state index in [0.717, 1.165) is 31.7 Å². The van der Waals surface area contributed by atoms with Crippen molar-refractivity contribution in [3.63, 3.8) is 0 Å². The highest BCUT2D eigenvalue weighted by molar-refractivity contribution is 5.85. The molecule has 0 unspecified atom stereocenters. The fourth-order valence-electron chi connectivity index (χ4n) is 3.22. The Morgan fingerprint density at radius 3 is 2.38 bits per heavy atom. The van der Waals surface area contributed by atoms with Crippen LogP contribution in [0.15, 0.2) is 18.2 Å². The maximum atomic E-state index is 14.2. The Hall–Kier alpha value is -0.550. The molecule has 1 aromatic rings. The van der Waals surface area contributed by atoms with Crippen molar-refractivity contribution >= 4 is 24.8 Å².